The molecule has 2 nitrogen and oxygen atoms in total. The van der Waals surface area contributed by atoms with Crippen molar-refractivity contribution in [3.63, 3.8) is 0 Å². The molecule has 0 N–H and O–H groups in total. The van der Waals surface area contributed by atoms with Crippen molar-refractivity contribution in [3.05, 3.63) is 22.4 Å². The smallest absolute Gasteiger partial charge is 0.153 e. The Kier molecular flexibility index (Phi) is 4.69. The van der Waals surface area contributed by atoms with Crippen molar-refractivity contribution in [2.75, 3.05) is 14.1 Å². The Hall–Kier alpha value is -0.670. The maximum atomic E-state index is 12.2. The molecule has 0 aromatic carbocycles. The van der Waals surface area contributed by atoms with Gasteiger partial charge in [0.1, 0.15) is 0 Å². The molecule has 0 saturated carbocycles. The maximum absolute atomic E-state index is 12.2. The van der Waals surface area contributed by atoms with Crippen molar-refractivity contribution in [1.29, 1.82) is 0 Å². The molecule has 0 aliphatic carbocycles. The molecule has 1 aromatic heterocycles. The van der Waals surface area contributed by atoms with Crippen LogP contribution in [0.4, 0.5) is 0 Å². The van der Waals surface area contributed by atoms with E-state index < -0.39 is 0 Å². The zero-order chi connectivity index (χ0) is 12.2. The normalized spacial score (nSPS) is 15.1. The van der Waals surface area contributed by atoms with Crippen molar-refractivity contribution < 1.29 is 4.79 Å². The third kappa shape index (κ3) is 2.92. The summed E-state index contributed by atoms with van der Waals surface area (Å²) in [5.74, 6) is 0.341. The van der Waals surface area contributed by atoms with Crippen LogP contribution in [0.5, 0.6) is 0 Å². The molecular formula is C13H21NOS. The maximum Gasteiger partial charge on any atom is 0.153 e. The second kappa shape index (κ2) is 5.60. The summed E-state index contributed by atoms with van der Waals surface area (Å²) in [4.78, 5) is 15.5. The monoisotopic (exact) mass is 239 g/mol. The fraction of sp³-hybridized carbons (Fsp3) is 0.615. The van der Waals surface area contributed by atoms with E-state index in [4.69, 9.17) is 0 Å². The van der Waals surface area contributed by atoms with Crippen molar-refractivity contribution in [3.8, 4) is 0 Å². The fourth-order valence-corrected chi connectivity index (χ4v) is 2.43. The topological polar surface area (TPSA) is 20.3 Å². The molecule has 3 heteroatoms. The summed E-state index contributed by atoms with van der Waals surface area (Å²) in [5.41, 5.74) is -0.308. The summed E-state index contributed by atoms with van der Waals surface area (Å²) in [6.07, 6.45) is 2.38. The van der Waals surface area contributed by atoms with Gasteiger partial charge in [0, 0.05) is 11.3 Å². The lowest BCUT2D eigenvalue weighted by molar-refractivity contribution is -0.129. The highest BCUT2D eigenvalue weighted by molar-refractivity contribution is 7.09. The average Bonchev–Trinajstić information content (AvgIpc) is 2.77. The molecule has 1 atom stereocenters. The first-order chi connectivity index (χ1) is 7.50. The molecule has 0 saturated heterocycles. The number of thiophene rings is 1. The summed E-state index contributed by atoms with van der Waals surface area (Å²) in [6, 6.07) is 4.13. The summed E-state index contributed by atoms with van der Waals surface area (Å²) in [7, 11) is 3.96. The Morgan fingerprint density at radius 2 is 2.19 bits per heavy atom. The third-order valence-corrected chi connectivity index (χ3v) is 4.39. The van der Waals surface area contributed by atoms with Gasteiger partial charge in [-0.05, 0) is 45.3 Å². The molecule has 90 valence electrons. The predicted molar refractivity (Wildman–Crippen MR) is 70.0 cm³/mol. The highest BCUT2D eigenvalue weighted by Crippen LogP contribution is 2.21. The van der Waals surface area contributed by atoms with E-state index in [0.29, 0.717) is 12.2 Å². The number of hydrogen-bond acceptors (Lipinski definition) is 3. The fourth-order valence-electron chi connectivity index (χ4n) is 1.72. The van der Waals surface area contributed by atoms with Gasteiger partial charge < -0.3 is 0 Å². The number of carbonyl (C=O) groups is 1. The van der Waals surface area contributed by atoms with Gasteiger partial charge in [0.25, 0.3) is 0 Å². The van der Waals surface area contributed by atoms with E-state index >= 15 is 0 Å². The van der Waals surface area contributed by atoms with Crippen LogP contribution in [0.25, 0.3) is 0 Å². The van der Waals surface area contributed by atoms with E-state index in [1.165, 1.54) is 4.88 Å². The van der Waals surface area contributed by atoms with Crippen LogP contribution in [-0.2, 0) is 11.2 Å². The van der Waals surface area contributed by atoms with Crippen molar-refractivity contribution >= 4 is 17.1 Å². The van der Waals surface area contributed by atoms with Crippen LogP contribution in [0.15, 0.2) is 17.5 Å². The van der Waals surface area contributed by atoms with E-state index in [2.05, 4.69) is 18.4 Å². The Bertz CT molecular complexity index is 332. The van der Waals surface area contributed by atoms with E-state index in [0.717, 1.165) is 12.8 Å². The second-order valence-corrected chi connectivity index (χ2v) is 5.56. The molecule has 0 aliphatic heterocycles. The SMILES string of the molecule is CCC(C)(C(=O)CCc1cccs1)N(C)C. The number of rotatable bonds is 6. The van der Waals surface area contributed by atoms with Gasteiger partial charge in [0.2, 0.25) is 0 Å². The van der Waals surface area contributed by atoms with E-state index in [-0.39, 0.29) is 5.54 Å². The minimum absolute atomic E-state index is 0.308. The predicted octanol–water partition coefficient (Wildman–Crippen LogP) is 2.98. The Morgan fingerprint density at radius 3 is 2.62 bits per heavy atom. The lowest BCUT2D eigenvalue weighted by Crippen LogP contribution is -2.48. The number of nitrogens with zero attached hydrogens (tertiary/aromatic N) is 1. The van der Waals surface area contributed by atoms with Gasteiger partial charge >= 0.3 is 0 Å². The van der Waals surface area contributed by atoms with Gasteiger partial charge in [0.05, 0.1) is 5.54 Å². The van der Waals surface area contributed by atoms with Crippen LogP contribution < -0.4 is 0 Å². The van der Waals surface area contributed by atoms with E-state index in [9.17, 15) is 4.79 Å². The summed E-state index contributed by atoms with van der Waals surface area (Å²) >= 11 is 1.73. The largest absolute Gasteiger partial charge is 0.298 e. The van der Waals surface area contributed by atoms with Crippen LogP contribution in [-0.4, -0.2) is 30.3 Å². The quantitative estimate of drug-likeness (QED) is 0.760. The number of aryl methyl sites for hydroxylation is 1. The Balaban J connectivity index is 2.57. The highest BCUT2D eigenvalue weighted by Gasteiger charge is 2.32. The lowest BCUT2D eigenvalue weighted by Gasteiger charge is -2.34. The van der Waals surface area contributed by atoms with Crippen LogP contribution >= 0.6 is 11.3 Å². The summed E-state index contributed by atoms with van der Waals surface area (Å²) in [6.45, 7) is 4.10. The number of carbonyl (C=O) groups excluding carboxylic acids is 1. The Labute approximate surface area is 102 Å². The molecule has 0 bridgehead atoms. The zero-order valence-electron chi connectivity index (χ0n) is 10.6. The molecule has 0 spiro atoms. The first-order valence-corrected chi connectivity index (χ1v) is 6.61. The first-order valence-electron chi connectivity index (χ1n) is 5.74. The molecule has 1 heterocycles. The molecule has 16 heavy (non-hydrogen) atoms. The molecular weight excluding hydrogens is 218 g/mol. The van der Waals surface area contributed by atoms with Crippen LogP contribution in [0.2, 0.25) is 0 Å². The number of Topliss-reactive ketones (excluding diaryl/α,β-unsaturated/α-hetero) is 1. The minimum Gasteiger partial charge on any atom is -0.298 e. The van der Waals surface area contributed by atoms with E-state index in [1.54, 1.807) is 11.3 Å². The molecule has 0 amide bonds. The lowest BCUT2D eigenvalue weighted by atomic mass is 9.89. The van der Waals surface area contributed by atoms with Crippen LogP contribution in [0, 0.1) is 0 Å². The van der Waals surface area contributed by atoms with Gasteiger partial charge in [-0.2, -0.15) is 0 Å². The summed E-state index contributed by atoms with van der Waals surface area (Å²) in [5, 5.41) is 2.06. The number of likely N-dealkylation sites (N-methyl/N-ethyl adjacent to an activating group) is 1. The number of hydrogen-bond donors (Lipinski definition) is 0. The third-order valence-electron chi connectivity index (χ3n) is 3.45. The first kappa shape index (κ1) is 13.4. The van der Waals surface area contributed by atoms with Gasteiger partial charge in [-0.3, -0.25) is 9.69 Å². The van der Waals surface area contributed by atoms with Gasteiger partial charge in [-0.25, -0.2) is 0 Å². The molecule has 0 aliphatic rings. The van der Waals surface area contributed by atoms with Gasteiger partial charge in [-0.1, -0.05) is 13.0 Å². The molecule has 0 fully saturated rings. The van der Waals surface area contributed by atoms with Crippen LogP contribution in [0.3, 0.4) is 0 Å². The Morgan fingerprint density at radius 1 is 1.50 bits per heavy atom. The second-order valence-electron chi connectivity index (χ2n) is 4.52. The van der Waals surface area contributed by atoms with Crippen LogP contribution in [0.1, 0.15) is 31.6 Å². The summed E-state index contributed by atoms with van der Waals surface area (Å²) < 4.78 is 0. The van der Waals surface area contributed by atoms with Gasteiger partial charge in [-0.15, -0.1) is 11.3 Å². The minimum atomic E-state index is -0.308. The number of ketones is 1. The highest BCUT2D eigenvalue weighted by atomic mass is 32.1. The van der Waals surface area contributed by atoms with Crippen molar-refractivity contribution in [2.45, 2.75) is 38.6 Å². The molecule has 1 aromatic rings. The standard InChI is InChI=1S/C13H21NOS/c1-5-13(2,14(3)4)12(15)9-8-11-7-6-10-16-11/h6-7,10H,5,8-9H2,1-4H3. The van der Waals surface area contributed by atoms with Crippen molar-refractivity contribution in [1.82, 2.24) is 4.90 Å². The van der Waals surface area contributed by atoms with Gasteiger partial charge in [0.15, 0.2) is 5.78 Å². The average molecular weight is 239 g/mol. The molecule has 1 unspecified atom stereocenters. The molecule has 0 radical (unpaired) electrons. The molecule has 1 rings (SSSR count). The van der Waals surface area contributed by atoms with Crippen molar-refractivity contribution in [2.24, 2.45) is 0 Å². The van der Waals surface area contributed by atoms with E-state index in [1.807, 2.05) is 32.0 Å². The zero-order valence-corrected chi connectivity index (χ0v) is 11.4.